The lowest BCUT2D eigenvalue weighted by Crippen LogP contribution is -2.28. The third kappa shape index (κ3) is 7.31. The summed E-state index contributed by atoms with van der Waals surface area (Å²) in [6.07, 6.45) is 4.00. The summed E-state index contributed by atoms with van der Waals surface area (Å²) >= 11 is 0. The monoisotopic (exact) mass is 511 g/mol. The molecule has 196 valence electrons. The minimum Gasteiger partial charge on any atom is -0.490 e. The molecule has 0 amide bonds. The molecule has 0 bridgehead atoms. The molecule has 1 aromatic heterocycles. The Labute approximate surface area is 215 Å². The molecule has 1 unspecified atom stereocenters. The number of aromatic nitrogens is 2. The molecule has 8 heteroatoms. The van der Waals surface area contributed by atoms with Crippen LogP contribution in [0.1, 0.15) is 60.9 Å². The third-order valence-electron chi connectivity index (χ3n) is 6.61. The molecule has 0 saturated heterocycles. The van der Waals surface area contributed by atoms with Gasteiger partial charge in [0.25, 0.3) is 0 Å². The second-order valence-electron chi connectivity index (χ2n) is 9.60. The van der Waals surface area contributed by atoms with Crippen molar-refractivity contribution in [3.05, 3.63) is 82.7 Å². The lowest BCUT2D eigenvalue weighted by Gasteiger charge is -2.28. The van der Waals surface area contributed by atoms with Crippen molar-refractivity contribution in [3.63, 3.8) is 0 Å². The van der Waals surface area contributed by atoms with E-state index in [9.17, 15) is 18.0 Å². The summed E-state index contributed by atoms with van der Waals surface area (Å²) in [6.45, 7) is 4.67. The molecule has 0 radical (unpaired) electrons. The van der Waals surface area contributed by atoms with Crippen molar-refractivity contribution in [2.24, 2.45) is 0 Å². The first-order valence-electron chi connectivity index (χ1n) is 12.7. The van der Waals surface area contributed by atoms with Gasteiger partial charge < -0.3 is 9.64 Å². The largest absolute Gasteiger partial charge is 0.490 e. The van der Waals surface area contributed by atoms with Gasteiger partial charge in [-0.3, -0.25) is 4.79 Å². The molecule has 0 spiro atoms. The lowest BCUT2D eigenvalue weighted by atomic mass is 9.97. The van der Waals surface area contributed by atoms with E-state index in [2.05, 4.69) is 9.97 Å². The van der Waals surface area contributed by atoms with E-state index in [-0.39, 0.29) is 11.9 Å². The molecule has 3 aromatic rings. The number of fused-ring (bicyclic) bond motifs is 1. The van der Waals surface area contributed by atoms with Crippen molar-refractivity contribution >= 4 is 11.7 Å². The number of hydrogen-bond acceptors (Lipinski definition) is 5. The average molecular weight is 512 g/mol. The van der Waals surface area contributed by atoms with Gasteiger partial charge in [0.1, 0.15) is 11.5 Å². The molecular formula is C29H32F3N3O2. The van der Waals surface area contributed by atoms with Gasteiger partial charge in [0.05, 0.1) is 11.7 Å². The number of halogens is 3. The van der Waals surface area contributed by atoms with E-state index < -0.39 is 11.7 Å². The predicted molar refractivity (Wildman–Crippen MR) is 137 cm³/mol. The minimum absolute atomic E-state index is 0.0661. The number of ketones is 1. The zero-order chi connectivity index (χ0) is 26.4. The van der Waals surface area contributed by atoms with Gasteiger partial charge in [-0.25, -0.2) is 9.97 Å². The van der Waals surface area contributed by atoms with E-state index in [0.29, 0.717) is 25.5 Å². The fourth-order valence-electron chi connectivity index (χ4n) is 4.54. The molecule has 2 heterocycles. The topological polar surface area (TPSA) is 55.3 Å². The van der Waals surface area contributed by atoms with Crippen LogP contribution >= 0.6 is 0 Å². The van der Waals surface area contributed by atoms with Crippen molar-refractivity contribution in [1.82, 2.24) is 9.97 Å². The Hall–Kier alpha value is -3.42. The zero-order valence-corrected chi connectivity index (χ0v) is 21.2. The van der Waals surface area contributed by atoms with Crippen molar-refractivity contribution in [3.8, 4) is 5.75 Å². The maximum atomic E-state index is 13.0. The van der Waals surface area contributed by atoms with E-state index in [1.165, 1.54) is 12.1 Å². The van der Waals surface area contributed by atoms with Crippen molar-refractivity contribution in [2.45, 2.75) is 71.2 Å². The summed E-state index contributed by atoms with van der Waals surface area (Å²) < 4.78 is 45.2. The molecule has 4 rings (SSSR count). The van der Waals surface area contributed by atoms with Gasteiger partial charge in [0.2, 0.25) is 5.95 Å². The van der Waals surface area contributed by atoms with Crippen LogP contribution in [-0.2, 0) is 36.8 Å². The first-order valence-corrected chi connectivity index (χ1v) is 12.7. The van der Waals surface area contributed by atoms with Crippen LogP contribution in [0, 0.1) is 0 Å². The SMILES string of the molecule is CCc1cnc(N(CCCC2CCc3ccc(CC(C)=O)cc3O2)Cc2ccc(C(F)(F)F)cc2)nc1. The van der Waals surface area contributed by atoms with Crippen molar-refractivity contribution < 1.29 is 22.7 Å². The highest BCUT2D eigenvalue weighted by Crippen LogP contribution is 2.31. The highest BCUT2D eigenvalue weighted by molar-refractivity contribution is 5.78. The van der Waals surface area contributed by atoms with Gasteiger partial charge in [-0.05, 0) is 79.5 Å². The zero-order valence-electron chi connectivity index (χ0n) is 21.2. The number of hydrogen-bond donors (Lipinski definition) is 0. The van der Waals surface area contributed by atoms with Gasteiger partial charge in [0, 0.05) is 31.9 Å². The highest BCUT2D eigenvalue weighted by atomic mass is 19.4. The Balaban J connectivity index is 1.41. The van der Waals surface area contributed by atoms with E-state index in [1.807, 2.05) is 30.0 Å². The van der Waals surface area contributed by atoms with Gasteiger partial charge in [-0.15, -0.1) is 0 Å². The molecule has 5 nitrogen and oxygen atoms in total. The van der Waals surface area contributed by atoms with E-state index in [1.54, 1.807) is 19.3 Å². The first kappa shape index (κ1) is 26.6. The van der Waals surface area contributed by atoms with Gasteiger partial charge in [-0.2, -0.15) is 13.2 Å². The molecule has 1 aliphatic heterocycles. The summed E-state index contributed by atoms with van der Waals surface area (Å²) in [5.74, 6) is 1.53. The van der Waals surface area contributed by atoms with Crippen LogP contribution in [0.4, 0.5) is 19.1 Å². The molecule has 0 fully saturated rings. The minimum atomic E-state index is -4.36. The number of rotatable bonds is 10. The number of ether oxygens (including phenoxy) is 1. The fourth-order valence-corrected chi connectivity index (χ4v) is 4.54. The number of carbonyl (C=O) groups is 1. The Morgan fingerprint density at radius 1 is 1.05 bits per heavy atom. The summed E-state index contributed by atoms with van der Waals surface area (Å²) in [5, 5.41) is 0. The van der Waals surface area contributed by atoms with Crippen LogP contribution in [0.5, 0.6) is 5.75 Å². The number of carbonyl (C=O) groups excluding carboxylic acids is 1. The third-order valence-corrected chi connectivity index (χ3v) is 6.61. The summed E-state index contributed by atoms with van der Waals surface area (Å²) in [4.78, 5) is 22.5. The fraction of sp³-hybridized carbons (Fsp3) is 0.414. The predicted octanol–water partition coefficient (Wildman–Crippen LogP) is 6.37. The Bertz CT molecular complexity index is 1190. The molecule has 1 atom stereocenters. The normalized spacial score (nSPS) is 15.1. The number of aryl methyl sites for hydroxylation is 2. The number of Topliss-reactive ketones (excluding diaryl/α,β-unsaturated/α-hetero) is 1. The van der Waals surface area contributed by atoms with E-state index in [4.69, 9.17) is 4.74 Å². The van der Waals surface area contributed by atoms with Gasteiger partial charge in [0.15, 0.2) is 0 Å². The average Bonchev–Trinajstić information content (AvgIpc) is 2.87. The van der Waals surface area contributed by atoms with Crippen molar-refractivity contribution in [1.29, 1.82) is 0 Å². The lowest BCUT2D eigenvalue weighted by molar-refractivity contribution is -0.137. The summed E-state index contributed by atoms with van der Waals surface area (Å²) in [6, 6.07) is 11.3. The number of benzene rings is 2. The van der Waals surface area contributed by atoms with Gasteiger partial charge in [-0.1, -0.05) is 31.2 Å². The quantitative estimate of drug-likeness (QED) is 0.317. The summed E-state index contributed by atoms with van der Waals surface area (Å²) in [7, 11) is 0. The maximum absolute atomic E-state index is 13.0. The van der Waals surface area contributed by atoms with E-state index >= 15 is 0 Å². The highest BCUT2D eigenvalue weighted by Gasteiger charge is 2.30. The van der Waals surface area contributed by atoms with E-state index in [0.717, 1.165) is 72.2 Å². The Morgan fingerprint density at radius 2 is 1.76 bits per heavy atom. The first-order chi connectivity index (χ1) is 17.7. The van der Waals surface area contributed by atoms with Crippen molar-refractivity contribution in [2.75, 3.05) is 11.4 Å². The van der Waals surface area contributed by atoms with Crippen LogP contribution in [0.15, 0.2) is 54.9 Å². The van der Waals surface area contributed by atoms with Gasteiger partial charge >= 0.3 is 6.18 Å². The Morgan fingerprint density at radius 3 is 2.41 bits per heavy atom. The maximum Gasteiger partial charge on any atom is 0.416 e. The van der Waals surface area contributed by atoms with Crippen LogP contribution in [-0.4, -0.2) is 28.4 Å². The smallest absolute Gasteiger partial charge is 0.416 e. The molecule has 0 saturated carbocycles. The molecule has 0 N–H and O–H groups in total. The molecule has 37 heavy (non-hydrogen) atoms. The summed E-state index contributed by atoms with van der Waals surface area (Å²) in [5.41, 5.74) is 3.25. The van der Waals surface area contributed by atoms with Crippen LogP contribution < -0.4 is 9.64 Å². The molecule has 2 aromatic carbocycles. The number of alkyl halides is 3. The second-order valence-corrected chi connectivity index (χ2v) is 9.60. The van der Waals surface area contributed by atoms with Crippen LogP contribution in [0.3, 0.4) is 0 Å². The Kier molecular flexibility index (Phi) is 8.46. The van der Waals surface area contributed by atoms with Crippen LogP contribution in [0.2, 0.25) is 0 Å². The van der Waals surface area contributed by atoms with Crippen LogP contribution in [0.25, 0.3) is 0 Å². The number of nitrogens with zero attached hydrogens (tertiary/aromatic N) is 3. The molecule has 1 aliphatic rings. The number of anilines is 1. The molecular weight excluding hydrogens is 479 g/mol. The molecule has 0 aliphatic carbocycles. The standard InChI is InChI=1S/C29H32F3N3O2/c1-3-21-17-33-28(34-18-21)35(19-22-7-11-25(12-8-22)29(30,31)32)14-4-5-26-13-10-24-9-6-23(15-20(2)36)16-27(24)37-26/h6-9,11-12,16-18,26H,3-5,10,13-15,19H2,1-2H3. The second kappa shape index (κ2) is 11.8.